The number of nitrogens with zero attached hydrogens (tertiary/aromatic N) is 1. The number of hydrogen-bond acceptors (Lipinski definition) is 2. The van der Waals surface area contributed by atoms with Gasteiger partial charge in [0.2, 0.25) is 0 Å². The van der Waals surface area contributed by atoms with E-state index in [4.69, 9.17) is 4.74 Å². The predicted molar refractivity (Wildman–Crippen MR) is 53.8 cm³/mol. The summed E-state index contributed by atoms with van der Waals surface area (Å²) in [4.78, 5) is 2.56. The molecular formula is C11H21NO. The van der Waals surface area contributed by atoms with Gasteiger partial charge in [-0.3, -0.25) is 4.90 Å². The normalized spacial score (nSPS) is 41.1. The van der Waals surface area contributed by atoms with Gasteiger partial charge in [0.1, 0.15) is 0 Å². The maximum Gasteiger partial charge on any atom is 0.0733 e. The SMILES string of the molecule is C[C@H]1CC2CN(C(C)(C)C)C[C@H]1O2. The van der Waals surface area contributed by atoms with Gasteiger partial charge in [0.25, 0.3) is 0 Å². The Morgan fingerprint density at radius 2 is 1.92 bits per heavy atom. The number of ether oxygens (including phenoxy) is 1. The lowest BCUT2D eigenvalue weighted by molar-refractivity contribution is -0.0724. The standard InChI is InChI=1S/C11H21NO/c1-8-5-9-6-12(11(2,3)4)7-10(8)13-9/h8-10H,5-7H2,1-4H3/t8-,9?,10+/m0/s1. The first-order valence-electron chi connectivity index (χ1n) is 5.37. The second-order valence-electron chi connectivity index (χ2n) is 5.59. The van der Waals surface area contributed by atoms with Crippen LogP contribution in [0.1, 0.15) is 34.1 Å². The van der Waals surface area contributed by atoms with Gasteiger partial charge in [-0.05, 0) is 33.1 Å². The van der Waals surface area contributed by atoms with Crippen molar-refractivity contribution < 1.29 is 4.74 Å². The van der Waals surface area contributed by atoms with Gasteiger partial charge in [-0.1, -0.05) is 6.92 Å². The fraction of sp³-hybridized carbons (Fsp3) is 1.00. The highest BCUT2D eigenvalue weighted by molar-refractivity contribution is 4.93. The molecule has 2 bridgehead atoms. The minimum absolute atomic E-state index is 0.310. The van der Waals surface area contributed by atoms with Crippen molar-refractivity contribution in [3.63, 3.8) is 0 Å². The van der Waals surface area contributed by atoms with E-state index in [0.717, 1.165) is 19.0 Å². The van der Waals surface area contributed by atoms with Crippen molar-refractivity contribution >= 4 is 0 Å². The van der Waals surface area contributed by atoms with Crippen molar-refractivity contribution in [2.24, 2.45) is 5.92 Å². The first-order chi connectivity index (χ1) is 5.97. The number of fused-ring (bicyclic) bond motifs is 2. The van der Waals surface area contributed by atoms with E-state index >= 15 is 0 Å². The van der Waals surface area contributed by atoms with Crippen molar-refractivity contribution in [1.82, 2.24) is 4.90 Å². The minimum atomic E-state index is 0.310. The molecule has 0 aromatic heterocycles. The zero-order valence-corrected chi connectivity index (χ0v) is 9.21. The lowest BCUT2D eigenvalue weighted by Gasteiger charge is -2.41. The van der Waals surface area contributed by atoms with E-state index < -0.39 is 0 Å². The van der Waals surface area contributed by atoms with Gasteiger partial charge in [0.15, 0.2) is 0 Å². The summed E-state index contributed by atoms with van der Waals surface area (Å²) < 4.78 is 5.89. The predicted octanol–water partition coefficient (Wildman–Crippen LogP) is 1.89. The van der Waals surface area contributed by atoms with Crippen LogP contribution >= 0.6 is 0 Å². The summed E-state index contributed by atoms with van der Waals surface area (Å²) in [7, 11) is 0. The third kappa shape index (κ3) is 1.75. The molecule has 3 atom stereocenters. The van der Waals surface area contributed by atoms with Gasteiger partial charge in [0, 0.05) is 18.6 Å². The Balaban J connectivity index is 2.05. The second kappa shape index (κ2) is 2.96. The molecule has 13 heavy (non-hydrogen) atoms. The van der Waals surface area contributed by atoms with E-state index in [1.165, 1.54) is 6.42 Å². The molecule has 0 aliphatic carbocycles. The minimum Gasteiger partial charge on any atom is -0.372 e. The van der Waals surface area contributed by atoms with E-state index in [1.807, 2.05) is 0 Å². The topological polar surface area (TPSA) is 12.5 Å². The average molecular weight is 183 g/mol. The Hall–Kier alpha value is -0.0800. The van der Waals surface area contributed by atoms with Gasteiger partial charge in [-0.25, -0.2) is 0 Å². The lowest BCUT2D eigenvalue weighted by Crippen LogP contribution is -2.52. The Labute approximate surface area is 81.3 Å². The van der Waals surface area contributed by atoms with Crippen LogP contribution in [0.25, 0.3) is 0 Å². The van der Waals surface area contributed by atoms with Crippen molar-refractivity contribution in [3.05, 3.63) is 0 Å². The molecular weight excluding hydrogens is 162 g/mol. The summed E-state index contributed by atoms with van der Waals surface area (Å²) in [5.41, 5.74) is 0.310. The molecule has 2 heteroatoms. The maximum atomic E-state index is 5.89. The third-order valence-electron chi connectivity index (χ3n) is 3.41. The van der Waals surface area contributed by atoms with Crippen molar-refractivity contribution in [2.45, 2.75) is 51.9 Å². The van der Waals surface area contributed by atoms with Gasteiger partial charge >= 0.3 is 0 Å². The largest absolute Gasteiger partial charge is 0.372 e. The van der Waals surface area contributed by atoms with Crippen LogP contribution in [0.5, 0.6) is 0 Å². The number of rotatable bonds is 0. The smallest absolute Gasteiger partial charge is 0.0733 e. The number of hydrogen-bond donors (Lipinski definition) is 0. The molecule has 2 nitrogen and oxygen atoms in total. The molecule has 76 valence electrons. The highest BCUT2D eigenvalue weighted by atomic mass is 16.5. The summed E-state index contributed by atoms with van der Waals surface area (Å²) in [5.74, 6) is 0.761. The zero-order valence-electron chi connectivity index (χ0n) is 9.21. The Bertz CT molecular complexity index is 195. The zero-order chi connectivity index (χ0) is 9.64. The van der Waals surface area contributed by atoms with Crippen LogP contribution in [0.4, 0.5) is 0 Å². The fourth-order valence-corrected chi connectivity index (χ4v) is 2.43. The van der Waals surface area contributed by atoms with Crippen molar-refractivity contribution in [1.29, 1.82) is 0 Å². The quantitative estimate of drug-likeness (QED) is 0.568. The molecule has 0 amide bonds. The van der Waals surface area contributed by atoms with Crippen LogP contribution in [0.2, 0.25) is 0 Å². The second-order valence-corrected chi connectivity index (χ2v) is 5.59. The van der Waals surface area contributed by atoms with E-state index in [9.17, 15) is 0 Å². The van der Waals surface area contributed by atoms with Crippen LogP contribution in [0.3, 0.4) is 0 Å². The average Bonchev–Trinajstić information content (AvgIpc) is 2.24. The summed E-state index contributed by atoms with van der Waals surface area (Å²) in [6.07, 6.45) is 2.27. The summed E-state index contributed by atoms with van der Waals surface area (Å²) in [6.45, 7) is 11.5. The summed E-state index contributed by atoms with van der Waals surface area (Å²) in [6, 6.07) is 0. The molecule has 0 radical (unpaired) electrons. The molecule has 0 aromatic rings. The first-order valence-corrected chi connectivity index (χ1v) is 5.37. The highest BCUT2D eigenvalue weighted by Crippen LogP contribution is 2.33. The van der Waals surface area contributed by atoms with Crippen molar-refractivity contribution in [3.8, 4) is 0 Å². The van der Waals surface area contributed by atoms with Gasteiger partial charge in [0.05, 0.1) is 12.2 Å². The van der Waals surface area contributed by atoms with Crippen molar-refractivity contribution in [2.75, 3.05) is 13.1 Å². The third-order valence-corrected chi connectivity index (χ3v) is 3.41. The first kappa shape index (κ1) is 9.47. The van der Waals surface area contributed by atoms with Crippen LogP contribution < -0.4 is 0 Å². The molecule has 0 saturated carbocycles. The Morgan fingerprint density at radius 3 is 2.46 bits per heavy atom. The fourth-order valence-electron chi connectivity index (χ4n) is 2.43. The molecule has 2 rings (SSSR count). The summed E-state index contributed by atoms with van der Waals surface area (Å²) in [5, 5.41) is 0. The molecule has 2 fully saturated rings. The molecule has 2 aliphatic rings. The number of likely N-dealkylation sites (tertiary alicyclic amines) is 1. The van der Waals surface area contributed by atoms with Gasteiger partial charge < -0.3 is 4.74 Å². The van der Waals surface area contributed by atoms with Crippen LogP contribution in [-0.2, 0) is 4.74 Å². The van der Waals surface area contributed by atoms with E-state index in [2.05, 4.69) is 32.6 Å². The van der Waals surface area contributed by atoms with Crippen LogP contribution in [-0.4, -0.2) is 35.7 Å². The number of morpholine rings is 1. The maximum absolute atomic E-state index is 5.89. The Kier molecular flexibility index (Phi) is 2.16. The molecule has 0 N–H and O–H groups in total. The molecule has 0 spiro atoms. The molecule has 2 aliphatic heterocycles. The lowest BCUT2D eigenvalue weighted by atomic mass is 10.0. The van der Waals surface area contributed by atoms with E-state index in [-0.39, 0.29) is 0 Å². The summed E-state index contributed by atoms with van der Waals surface area (Å²) >= 11 is 0. The van der Waals surface area contributed by atoms with E-state index in [1.54, 1.807) is 0 Å². The molecule has 2 saturated heterocycles. The van der Waals surface area contributed by atoms with Gasteiger partial charge in [-0.2, -0.15) is 0 Å². The van der Waals surface area contributed by atoms with Crippen LogP contribution in [0.15, 0.2) is 0 Å². The monoisotopic (exact) mass is 183 g/mol. The van der Waals surface area contributed by atoms with Gasteiger partial charge in [-0.15, -0.1) is 0 Å². The van der Waals surface area contributed by atoms with E-state index in [0.29, 0.717) is 17.7 Å². The Morgan fingerprint density at radius 1 is 1.23 bits per heavy atom. The molecule has 2 heterocycles. The molecule has 0 aromatic carbocycles. The van der Waals surface area contributed by atoms with Crippen LogP contribution in [0, 0.1) is 5.92 Å². The highest BCUT2D eigenvalue weighted by Gasteiger charge is 2.41. The molecule has 1 unspecified atom stereocenters.